The number of hydrazine groups is 1. The lowest BCUT2D eigenvalue weighted by molar-refractivity contribution is -0.126. The van der Waals surface area contributed by atoms with Crippen molar-refractivity contribution in [2.45, 2.75) is 12.8 Å². The summed E-state index contributed by atoms with van der Waals surface area (Å²) in [4.78, 5) is 26.5. The lowest BCUT2D eigenvalue weighted by Gasteiger charge is -2.32. The molecule has 3 rings (SSSR count). The van der Waals surface area contributed by atoms with Gasteiger partial charge in [-0.3, -0.25) is 15.6 Å². The quantitative estimate of drug-likeness (QED) is 0.457. The standard InChI is InChI=1S/C20H22FN5O2S/c21-15-8-10-17(11-9-15)22-19(29)25-24-18(27)14-5-4-12-26(13-14)20(28)23-16-6-2-1-3-7-16/h1-3,6-11,14H,4-5,12-13H2,(H,23,28)(H,24,27)(H2,22,25,29)/t14-/m1/s1. The van der Waals surface area contributed by atoms with Crippen LogP contribution in [0.3, 0.4) is 0 Å². The van der Waals surface area contributed by atoms with E-state index in [2.05, 4.69) is 21.5 Å². The molecule has 1 saturated heterocycles. The van der Waals surface area contributed by atoms with E-state index < -0.39 is 0 Å². The summed E-state index contributed by atoms with van der Waals surface area (Å²) in [6, 6.07) is 14.6. The number of nitrogens with one attached hydrogen (secondary N) is 4. The number of para-hydroxylation sites is 1. The van der Waals surface area contributed by atoms with E-state index in [1.165, 1.54) is 24.3 Å². The summed E-state index contributed by atoms with van der Waals surface area (Å²) in [5, 5.41) is 5.86. The van der Waals surface area contributed by atoms with Gasteiger partial charge in [-0.05, 0) is 61.5 Å². The van der Waals surface area contributed by atoms with Crippen molar-refractivity contribution in [3.63, 3.8) is 0 Å². The van der Waals surface area contributed by atoms with Gasteiger partial charge in [0.05, 0.1) is 5.92 Å². The summed E-state index contributed by atoms with van der Waals surface area (Å²) in [5.74, 6) is -0.933. The number of carbonyl (C=O) groups excluding carboxylic acids is 2. The van der Waals surface area contributed by atoms with Crippen LogP contribution in [-0.4, -0.2) is 35.0 Å². The number of hydrogen-bond donors (Lipinski definition) is 4. The fourth-order valence-electron chi connectivity index (χ4n) is 3.02. The highest BCUT2D eigenvalue weighted by molar-refractivity contribution is 7.80. The average Bonchev–Trinajstić information content (AvgIpc) is 2.74. The van der Waals surface area contributed by atoms with Crippen LogP contribution in [0.4, 0.5) is 20.6 Å². The maximum Gasteiger partial charge on any atom is 0.321 e. The Balaban J connectivity index is 1.45. The second-order valence-corrected chi connectivity index (χ2v) is 7.06. The molecular formula is C20H22FN5O2S. The van der Waals surface area contributed by atoms with E-state index in [4.69, 9.17) is 12.2 Å². The second-order valence-electron chi connectivity index (χ2n) is 6.66. The molecule has 9 heteroatoms. The predicted octanol–water partition coefficient (Wildman–Crippen LogP) is 3.09. The van der Waals surface area contributed by atoms with Crippen molar-refractivity contribution in [3.05, 3.63) is 60.4 Å². The third kappa shape index (κ3) is 6.15. The van der Waals surface area contributed by atoms with Crippen molar-refractivity contribution >= 4 is 40.6 Å². The minimum atomic E-state index is -0.346. The van der Waals surface area contributed by atoms with Gasteiger partial charge in [0.25, 0.3) is 0 Å². The van der Waals surface area contributed by atoms with Crippen molar-refractivity contribution in [2.75, 3.05) is 23.7 Å². The molecule has 0 bridgehead atoms. The molecule has 7 nitrogen and oxygen atoms in total. The van der Waals surface area contributed by atoms with Crippen molar-refractivity contribution in [3.8, 4) is 0 Å². The third-order valence-electron chi connectivity index (χ3n) is 4.51. The molecule has 1 atom stereocenters. The first kappa shape index (κ1) is 20.5. The summed E-state index contributed by atoms with van der Waals surface area (Å²) in [7, 11) is 0. The second kappa shape index (κ2) is 9.83. The third-order valence-corrected chi connectivity index (χ3v) is 4.71. The maximum absolute atomic E-state index is 12.9. The topological polar surface area (TPSA) is 85.5 Å². The van der Waals surface area contributed by atoms with E-state index in [1.54, 1.807) is 4.90 Å². The number of hydrogen-bond acceptors (Lipinski definition) is 3. The fraction of sp³-hybridized carbons (Fsp3) is 0.250. The van der Waals surface area contributed by atoms with E-state index in [9.17, 15) is 14.0 Å². The van der Waals surface area contributed by atoms with Gasteiger partial charge in [0, 0.05) is 24.5 Å². The van der Waals surface area contributed by atoms with Gasteiger partial charge in [-0.25, -0.2) is 9.18 Å². The SMILES string of the molecule is O=C(NNC(=S)Nc1ccc(F)cc1)[C@@H]1CCCN(C(=O)Nc2ccccc2)C1. The minimum absolute atomic E-state index is 0.180. The van der Waals surface area contributed by atoms with Gasteiger partial charge in [-0.15, -0.1) is 0 Å². The summed E-state index contributed by atoms with van der Waals surface area (Å²) < 4.78 is 12.9. The van der Waals surface area contributed by atoms with Crippen molar-refractivity contribution in [1.29, 1.82) is 0 Å². The number of benzene rings is 2. The van der Waals surface area contributed by atoms with Crippen molar-refractivity contribution < 1.29 is 14.0 Å². The Bertz CT molecular complexity index is 863. The zero-order valence-electron chi connectivity index (χ0n) is 15.7. The molecule has 1 aliphatic heterocycles. The summed E-state index contributed by atoms with van der Waals surface area (Å²) in [6.45, 7) is 0.921. The molecule has 2 aromatic rings. The number of rotatable bonds is 3. The molecule has 3 amide bonds. The number of piperidine rings is 1. The Hall–Kier alpha value is -3.20. The highest BCUT2D eigenvalue weighted by atomic mass is 32.1. The van der Waals surface area contributed by atoms with Crippen LogP contribution < -0.4 is 21.5 Å². The van der Waals surface area contributed by atoms with Crippen LogP contribution in [0.25, 0.3) is 0 Å². The van der Waals surface area contributed by atoms with Gasteiger partial charge in [0.1, 0.15) is 5.82 Å². The Kier molecular flexibility index (Phi) is 6.96. The van der Waals surface area contributed by atoms with Gasteiger partial charge >= 0.3 is 6.03 Å². The van der Waals surface area contributed by atoms with Crippen LogP contribution in [0.5, 0.6) is 0 Å². The number of thiocarbonyl (C=S) groups is 1. The number of nitrogens with zero attached hydrogens (tertiary/aromatic N) is 1. The Morgan fingerprint density at radius 1 is 0.966 bits per heavy atom. The highest BCUT2D eigenvalue weighted by Gasteiger charge is 2.28. The predicted molar refractivity (Wildman–Crippen MR) is 114 cm³/mol. The molecule has 0 unspecified atom stereocenters. The van der Waals surface area contributed by atoms with Crippen LogP contribution >= 0.6 is 12.2 Å². The number of urea groups is 1. The number of halogens is 1. The molecule has 0 aliphatic carbocycles. The first-order valence-electron chi connectivity index (χ1n) is 9.24. The Morgan fingerprint density at radius 3 is 2.38 bits per heavy atom. The van der Waals surface area contributed by atoms with Gasteiger partial charge < -0.3 is 15.5 Å². The van der Waals surface area contributed by atoms with Gasteiger partial charge in [0.15, 0.2) is 5.11 Å². The molecule has 1 aliphatic rings. The first-order valence-corrected chi connectivity index (χ1v) is 9.65. The molecule has 152 valence electrons. The van der Waals surface area contributed by atoms with Gasteiger partial charge in [-0.1, -0.05) is 18.2 Å². The molecule has 29 heavy (non-hydrogen) atoms. The highest BCUT2D eigenvalue weighted by Crippen LogP contribution is 2.18. The largest absolute Gasteiger partial charge is 0.331 e. The molecule has 0 radical (unpaired) electrons. The normalized spacial score (nSPS) is 15.9. The lowest BCUT2D eigenvalue weighted by Crippen LogP contribution is -2.51. The molecule has 1 fully saturated rings. The number of carbonyl (C=O) groups is 2. The zero-order chi connectivity index (χ0) is 20.6. The van der Waals surface area contributed by atoms with E-state index in [0.29, 0.717) is 30.9 Å². The molecular weight excluding hydrogens is 393 g/mol. The maximum atomic E-state index is 12.9. The van der Waals surface area contributed by atoms with Crippen molar-refractivity contribution in [1.82, 2.24) is 15.8 Å². The molecule has 1 heterocycles. The summed E-state index contributed by atoms with van der Waals surface area (Å²) >= 11 is 5.12. The van der Waals surface area contributed by atoms with Crippen LogP contribution in [0.1, 0.15) is 12.8 Å². The van der Waals surface area contributed by atoms with Crippen LogP contribution in [-0.2, 0) is 4.79 Å². The molecule has 0 spiro atoms. The lowest BCUT2D eigenvalue weighted by atomic mass is 9.98. The molecule has 4 N–H and O–H groups in total. The number of likely N-dealkylation sites (tertiary alicyclic amines) is 1. The fourth-order valence-corrected chi connectivity index (χ4v) is 3.18. The Labute approximate surface area is 173 Å². The average molecular weight is 415 g/mol. The monoisotopic (exact) mass is 415 g/mol. The van der Waals surface area contributed by atoms with Crippen LogP contribution in [0.2, 0.25) is 0 Å². The van der Waals surface area contributed by atoms with E-state index in [1.807, 2.05) is 30.3 Å². The summed E-state index contributed by atoms with van der Waals surface area (Å²) in [6.07, 6.45) is 1.42. The smallest absolute Gasteiger partial charge is 0.321 e. The van der Waals surface area contributed by atoms with Crippen molar-refractivity contribution in [2.24, 2.45) is 5.92 Å². The molecule has 0 saturated carbocycles. The van der Waals surface area contributed by atoms with Gasteiger partial charge in [-0.2, -0.15) is 0 Å². The number of amides is 3. The molecule has 0 aromatic heterocycles. The first-order chi connectivity index (χ1) is 14.0. The van der Waals surface area contributed by atoms with Crippen LogP contribution in [0.15, 0.2) is 54.6 Å². The minimum Gasteiger partial charge on any atom is -0.331 e. The summed E-state index contributed by atoms with van der Waals surface area (Å²) in [5.41, 5.74) is 6.51. The molecule has 2 aromatic carbocycles. The zero-order valence-corrected chi connectivity index (χ0v) is 16.5. The number of anilines is 2. The van der Waals surface area contributed by atoms with E-state index in [0.717, 1.165) is 6.42 Å². The van der Waals surface area contributed by atoms with Gasteiger partial charge in [0.2, 0.25) is 5.91 Å². The Morgan fingerprint density at radius 2 is 1.66 bits per heavy atom. The van der Waals surface area contributed by atoms with Crippen LogP contribution in [0, 0.1) is 11.7 Å². The van der Waals surface area contributed by atoms with E-state index in [-0.39, 0.29) is 28.8 Å². The van der Waals surface area contributed by atoms with E-state index >= 15 is 0 Å².